The molecule has 2 atom stereocenters. The van der Waals surface area contributed by atoms with Crippen LogP contribution in [-0.2, 0) is 0 Å². The van der Waals surface area contributed by atoms with Gasteiger partial charge in [-0.25, -0.2) is 0 Å². The Morgan fingerprint density at radius 1 is 0.947 bits per heavy atom. The van der Waals surface area contributed by atoms with Crippen LogP contribution in [0.3, 0.4) is 0 Å². The molecule has 0 radical (unpaired) electrons. The third kappa shape index (κ3) is 4.11. The second-order valence-corrected chi connectivity index (χ2v) is 4.77. The van der Waals surface area contributed by atoms with Gasteiger partial charge in [0.2, 0.25) is 0 Å². The molecule has 0 bridgehead atoms. The van der Waals surface area contributed by atoms with Crippen molar-refractivity contribution in [3.05, 3.63) is 66.2 Å². The summed E-state index contributed by atoms with van der Waals surface area (Å²) in [4.78, 5) is 0. The van der Waals surface area contributed by atoms with Crippen LogP contribution < -0.4 is 5.32 Å². The Kier molecular flexibility index (Phi) is 4.99. The Balaban J connectivity index is 2.15. The number of benzene rings is 2. The Morgan fingerprint density at radius 2 is 1.53 bits per heavy atom. The maximum atomic E-state index is 9.93. The van der Waals surface area contributed by atoms with Gasteiger partial charge < -0.3 is 10.4 Å². The van der Waals surface area contributed by atoms with E-state index >= 15 is 0 Å². The summed E-state index contributed by atoms with van der Waals surface area (Å²) in [5.74, 6) is 0. The van der Waals surface area contributed by atoms with E-state index in [-0.39, 0.29) is 12.1 Å². The van der Waals surface area contributed by atoms with Crippen molar-refractivity contribution in [1.82, 2.24) is 0 Å². The average molecular weight is 255 g/mol. The highest BCUT2D eigenvalue weighted by molar-refractivity contribution is 5.45. The normalized spacial score (nSPS) is 13.8. The van der Waals surface area contributed by atoms with E-state index in [1.807, 2.05) is 55.5 Å². The summed E-state index contributed by atoms with van der Waals surface area (Å²) >= 11 is 0. The Morgan fingerprint density at radius 3 is 2.11 bits per heavy atom. The van der Waals surface area contributed by atoms with Crippen LogP contribution in [-0.4, -0.2) is 11.2 Å². The Bertz CT molecular complexity index is 469. The zero-order chi connectivity index (χ0) is 13.5. The van der Waals surface area contributed by atoms with E-state index < -0.39 is 0 Å². The first kappa shape index (κ1) is 13.6. The van der Waals surface area contributed by atoms with Crippen LogP contribution >= 0.6 is 0 Å². The molecule has 0 saturated heterocycles. The molecule has 19 heavy (non-hydrogen) atoms. The number of aliphatic hydroxyl groups excluding tert-OH is 1. The van der Waals surface area contributed by atoms with Gasteiger partial charge in [0.1, 0.15) is 0 Å². The Labute approximate surface area is 115 Å². The van der Waals surface area contributed by atoms with Gasteiger partial charge in [-0.15, -0.1) is 0 Å². The number of rotatable bonds is 6. The monoisotopic (exact) mass is 255 g/mol. The van der Waals surface area contributed by atoms with Gasteiger partial charge in [0.05, 0.1) is 12.1 Å². The molecule has 2 rings (SSSR count). The first-order valence-corrected chi connectivity index (χ1v) is 6.84. The third-order valence-corrected chi connectivity index (χ3v) is 3.30. The van der Waals surface area contributed by atoms with Crippen LogP contribution in [0.4, 0.5) is 5.69 Å². The van der Waals surface area contributed by atoms with Crippen molar-refractivity contribution < 1.29 is 5.11 Å². The number of aliphatic hydroxyl groups is 1. The van der Waals surface area contributed by atoms with Crippen LogP contribution in [0.2, 0.25) is 0 Å². The van der Waals surface area contributed by atoms with Gasteiger partial charge in [0.15, 0.2) is 0 Å². The second kappa shape index (κ2) is 6.95. The summed E-state index contributed by atoms with van der Waals surface area (Å²) in [5.41, 5.74) is 2.29. The summed E-state index contributed by atoms with van der Waals surface area (Å²) in [7, 11) is 0. The van der Waals surface area contributed by atoms with E-state index in [1.165, 1.54) is 5.56 Å². The molecular formula is C17H21NO. The van der Waals surface area contributed by atoms with Gasteiger partial charge in [-0.2, -0.15) is 0 Å². The fourth-order valence-corrected chi connectivity index (χ4v) is 2.14. The summed E-state index contributed by atoms with van der Waals surface area (Å²) in [6.45, 7) is 2.01. The summed E-state index contributed by atoms with van der Waals surface area (Å²) in [5, 5.41) is 13.4. The minimum Gasteiger partial charge on any atom is -0.393 e. The van der Waals surface area contributed by atoms with Crippen molar-refractivity contribution in [1.29, 1.82) is 0 Å². The molecule has 0 saturated carbocycles. The SMILES string of the molecule is CC[C@H](O)C[C@H](Nc1ccccc1)c1ccccc1. The lowest BCUT2D eigenvalue weighted by atomic mass is 9.99. The first-order chi connectivity index (χ1) is 9.29. The fraction of sp³-hybridized carbons (Fsp3) is 0.294. The van der Waals surface area contributed by atoms with Crippen molar-refractivity contribution in [2.45, 2.75) is 31.9 Å². The van der Waals surface area contributed by atoms with E-state index in [0.717, 1.165) is 18.5 Å². The molecule has 0 aliphatic heterocycles. The molecule has 0 aliphatic rings. The zero-order valence-corrected chi connectivity index (χ0v) is 11.3. The van der Waals surface area contributed by atoms with Gasteiger partial charge in [-0.1, -0.05) is 55.5 Å². The lowest BCUT2D eigenvalue weighted by Crippen LogP contribution is -2.18. The lowest BCUT2D eigenvalue weighted by molar-refractivity contribution is 0.154. The molecule has 2 aromatic carbocycles. The third-order valence-electron chi connectivity index (χ3n) is 3.30. The van der Waals surface area contributed by atoms with Gasteiger partial charge in [-0.3, -0.25) is 0 Å². The molecule has 100 valence electrons. The highest BCUT2D eigenvalue weighted by Crippen LogP contribution is 2.24. The van der Waals surface area contributed by atoms with Crippen molar-refractivity contribution in [3.63, 3.8) is 0 Å². The first-order valence-electron chi connectivity index (χ1n) is 6.84. The number of nitrogens with one attached hydrogen (secondary N) is 1. The van der Waals surface area contributed by atoms with Crippen LogP contribution in [0.5, 0.6) is 0 Å². The van der Waals surface area contributed by atoms with Crippen molar-refractivity contribution in [2.75, 3.05) is 5.32 Å². The minimum atomic E-state index is -0.276. The van der Waals surface area contributed by atoms with Crippen LogP contribution in [0, 0.1) is 0 Å². The standard InChI is InChI=1S/C17H21NO/c1-2-16(19)13-17(14-9-5-3-6-10-14)18-15-11-7-4-8-12-15/h3-12,16-19H,2,13H2,1H3/t16-,17-/m0/s1. The molecule has 0 heterocycles. The predicted octanol–water partition coefficient (Wildman–Crippen LogP) is 4.00. The highest BCUT2D eigenvalue weighted by Gasteiger charge is 2.15. The van der Waals surface area contributed by atoms with Gasteiger partial charge in [0.25, 0.3) is 0 Å². The summed E-state index contributed by atoms with van der Waals surface area (Å²) in [6, 6.07) is 20.6. The predicted molar refractivity (Wildman–Crippen MR) is 80.2 cm³/mol. The molecule has 0 spiro atoms. The molecule has 2 aromatic rings. The van der Waals surface area contributed by atoms with Crippen molar-refractivity contribution in [3.8, 4) is 0 Å². The van der Waals surface area contributed by atoms with Gasteiger partial charge in [0, 0.05) is 5.69 Å². The highest BCUT2D eigenvalue weighted by atomic mass is 16.3. The van der Waals surface area contributed by atoms with Crippen LogP contribution in [0.25, 0.3) is 0 Å². The summed E-state index contributed by atoms with van der Waals surface area (Å²) in [6.07, 6.45) is 1.22. The molecule has 2 nitrogen and oxygen atoms in total. The molecule has 0 fully saturated rings. The number of hydrogen-bond acceptors (Lipinski definition) is 2. The number of anilines is 1. The summed E-state index contributed by atoms with van der Waals surface area (Å²) < 4.78 is 0. The van der Waals surface area contributed by atoms with E-state index in [9.17, 15) is 5.11 Å². The van der Waals surface area contributed by atoms with E-state index in [4.69, 9.17) is 0 Å². The topological polar surface area (TPSA) is 32.3 Å². The molecule has 2 N–H and O–H groups in total. The Hall–Kier alpha value is -1.80. The van der Waals surface area contributed by atoms with Crippen LogP contribution in [0.15, 0.2) is 60.7 Å². The van der Waals surface area contributed by atoms with Gasteiger partial charge in [-0.05, 0) is 30.5 Å². The molecular weight excluding hydrogens is 234 g/mol. The molecule has 0 unspecified atom stereocenters. The lowest BCUT2D eigenvalue weighted by Gasteiger charge is -2.22. The van der Waals surface area contributed by atoms with Crippen molar-refractivity contribution >= 4 is 5.69 Å². The van der Waals surface area contributed by atoms with E-state index in [2.05, 4.69) is 17.4 Å². The van der Waals surface area contributed by atoms with E-state index in [0.29, 0.717) is 0 Å². The van der Waals surface area contributed by atoms with Crippen molar-refractivity contribution in [2.24, 2.45) is 0 Å². The fourth-order valence-electron chi connectivity index (χ4n) is 2.14. The van der Waals surface area contributed by atoms with Gasteiger partial charge >= 0.3 is 0 Å². The number of para-hydroxylation sites is 1. The molecule has 0 aromatic heterocycles. The molecule has 2 heteroatoms. The smallest absolute Gasteiger partial charge is 0.0560 e. The maximum Gasteiger partial charge on any atom is 0.0560 e. The minimum absolute atomic E-state index is 0.138. The maximum absolute atomic E-state index is 9.93. The largest absolute Gasteiger partial charge is 0.393 e. The van der Waals surface area contributed by atoms with Crippen LogP contribution in [0.1, 0.15) is 31.4 Å². The quantitative estimate of drug-likeness (QED) is 0.817. The second-order valence-electron chi connectivity index (χ2n) is 4.77. The molecule has 0 aliphatic carbocycles. The van der Waals surface area contributed by atoms with E-state index in [1.54, 1.807) is 0 Å². The average Bonchev–Trinajstić information content (AvgIpc) is 2.48. The zero-order valence-electron chi connectivity index (χ0n) is 11.3. The number of hydrogen-bond donors (Lipinski definition) is 2. The molecule has 0 amide bonds.